The second-order valence-electron chi connectivity index (χ2n) is 1.50. The molecule has 0 radical (unpaired) electrons. The van der Waals surface area contributed by atoms with Gasteiger partial charge in [0.15, 0.2) is 0 Å². The predicted octanol–water partition coefficient (Wildman–Crippen LogP) is 1.52. The van der Waals surface area contributed by atoms with Gasteiger partial charge in [0.05, 0.1) is 7.11 Å². The van der Waals surface area contributed by atoms with Crippen molar-refractivity contribution in [2.45, 2.75) is 0 Å². The van der Waals surface area contributed by atoms with Crippen molar-refractivity contribution < 1.29 is 9.53 Å². The maximum atomic E-state index is 8.95. The second-order valence-corrected chi connectivity index (χ2v) is 1.93. The van der Waals surface area contributed by atoms with Crippen LogP contribution in [0.25, 0.3) is 0 Å². The minimum Gasteiger partial charge on any atom is -0.471 e. The standard InChI is InChI=1S/C5H4ClN.C2H4O2/c6-5-1-3-7-4-2-5;1-4-2-3/h1-4H;2H,1H3. The zero-order valence-corrected chi connectivity index (χ0v) is 6.78. The minimum atomic E-state index is 0.375. The molecule has 0 aliphatic carbocycles. The first-order valence-corrected chi connectivity index (χ1v) is 3.21. The zero-order valence-electron chi connectivity index (χ0n) is 6.03. The van der Waals surface area contributed by atoms with Crippen molar-refractivity contribution >= 4 is 18.1 Å². The highest BCUT2D eigenvalue weighted by atomic mass is 35.5. The van der Waals surface area contributed by atoms with Crippen LogP contribution in [-0.4, -0.2) is 18.6 Å². The fourth-order valence-corrected chi connectivity index (χ4v) is 0.446. The molecule has 1 rings (SSSR count). The number of rotatable bonds is 1. The molecule has 11 heavy (non-hydrogen) atoms. The number of pyridine rings is 1. The van der Waals surface area contributed by atoms with Crippen molar-refractivity contribution in [1.29, 1.82) is 0 Å². The Hall–Kier alpha value is -1.09. The minimum absolute atomic E-state index is 0.375. The Morgan fingerprint density at radius 2 is 2.00 bits per heavy atom. The summed E-state index contributed by atoms with van der Waals surface area (Å²) in [6.07, 6.45) is 3.31. The molecule has 0 atom stereocenters. The Kier molecular flexibility index (Phi) is 6.33. The topological polar surface area (TPSA) is 39.2 Å². The molecule has 0 N–H and O–H groups in total. The van der Waals surface area contributed by atoms with Crippen LogP contribution in [0.15, 0.2) is 24.5 Å². The molecule has 4 heteroatoms. The van der Waals surface area contributed by atoms with E-state index in [1.54, 1.807) is 24.5 Å². The predicted molar refractivity (Wildman–Crippen MR) is 42.3 cm³/mol. The normalized spacial score (nSPS) is 7.45. The van der Waals surface area contributed by atoms with Gasteiger partial charge in [-0.05, 0) is 12.1 Å². The fourth-order valence-electron chi connectivity index (χ4n) is 0.334. The number of carbonyl (C=O) groups is 1. The highest BCUT2D eigenvalue weighted by molar-refractivity contribution is 6.30. The number of methoxy groups -OCH3 is 1. The van der Waals surface area contributed by atoms with Gasteiger partial charge in [-0.3, -0.25) is 9.78 Å². The fraction of sp³-hybridized carbons (Fsp3) is 0.143. The van der Waals surface area contributed by atoms with E-state index in [-0.39, 0.29) is 0 Å². The summed E-state index contributed by atoms with van der Waals surface area (Å²) < 4.78 is 3.86. The first-order chi connectivity index (χ1) is 5.31. The third-order valence-corrected chi connectivity index (χ3v) is 0.988. The van der Waals surface area contributed by atoms with Crippen LogP contribution in [0.2, 0.25) is 5.02 Å². The number of halogens is 1. The number of ether oxygens (including phenoxy) is 1. The largest absolute Gasteiger partial charge is 0.471 e. The van der Waals surface area contributed by atoms with Crippen LogP contribution in [-0.2, 0) is 9.53 Å². The molecule has 0 aliphatic heterocycles. The SMILES string of the molecule is COC=O.Clc1ccncc1. The molecule has 0 unspecified atom stereocenters. The van der Waals surface area contributed by atoms with Gasteiger partial charge in [0.1, 0.15) is 0 Å². The Labute approximate surface area is 70.0 Å². The smallest absolute Gasteiger partial charge is 0.292 e. The molecule has 1 heterocycles. The van der Waals surface area contributed by atoms with Crippen molar-refractivity contribution in [2.75, 3.05) is 7.11 Å². The molecular weight excluding hydrogens is 166 g/mol. The van der Waals surface area contributed by atoms with E-state index in [2.05, 4.69) is 9.72 Å². The van der Waals surface area contributed by atoms with Crippen molar-refractivity contribution in [3.8, 4) is 0 Å². The van der Waals surface area contributed by atoms with Gasteiger partial charge < -0.3 is 4.74 Å². The third-order valence-electron chi connectivity index (χ3n) is 0.736. The van der Waals surface area contributed by atoms with Gasteiger partial charge >= 0.3 is 0 Å². The van der Waals surface area contributed by atoms with Crippen LogP contribution in [0.4, 0.5) is 0 Å². The lowest BCUT2D eigenvalue weighted by molar-refractivity contribution is -0.126. The van der Waals surface area contributed by atoms with E-state index in [0.717, 1.165) is 5.02 Å². The summed E-state index contributed by atoms with van der Waals surface area (Å²) in [6.45, 7) is 0.375. The summed E-state index contributed by atoms with van der Waals surface area (Å²) >= 11 is 5.50. The number of carbonyl (C=O) groups excluding carboxylic acids is 1. The van der Waals surface area contributed by atoms with Crippen LogP contribution >= 0.6 is 11.6 Å². The van der Waals surface area contributed by atoms with Gasteiger partial charge in [-0.25, -0.2) is 0 Å². The first-order valence-electron chi connectivity index (χ1n) is 2.83. The van der Waals surface area contributed by atoms with E-state index >= 15 is 0 Å². The van der Waals surface area contributed by atoms with Gasteiger partial charge in [-0.15, -0.1) is 0 Å². The molecule has 3 nitrogen and oxygen atoms in total. The van der Waals surface area contributed by atoms with E-state index in [4.69, 9.17) is 16.4 Å². The molecule has 0 saturated carbocycles. The maximum absolute atomic E-state index is 8.95. The molecule has 60 valence electrons. The highest BCUT2D eigenvalue weighted by Gasteiger charge is 1.75. The van der Waals surface area contributed by atoms with Crippen molar-refractivity contribution in [3.63, 3.8) is 0 Å². The van der Waals surface area contributed by atoms with Crippen LogP contribution in [0.5, 0.6) is 0 Å². The second kappa shape index (κ2) is 7.02. The van der Waals surface area contributed by atoms with E-state index in [1.165, 1.54) is 7.11 Å². The van der Waals surface area contributed by atoms with Gasteiger partial charge in [-0.2, -0.15) is 0 Å². The number of hydrogen-bond donors (Lipinski definition) is 0. The lowest BCUT2D eigenvalue weighted by atomic mass is 10.5. The van der Waals surface area contributed by atoms with Crippen LogP contribution < -0.4 is 0 Å². The van der Waals surface area contributed by atoms with Crippen molar-refractivity contribution in [1.82, 2.24) is 4.98 Å². The summed E-state index contributed by atoms with van der Waals surface area (Å²) in [5.41, 5.74) is 0. The molecule has 1 aromatic heterocycles. The van der Waals surface area contributed by atoms with E-state index in [9.17, 15) is 0 Å². The van der Waals surface area contributed by atoms with Gasteiger partial charge in [-0.1, -0.05) is 11.6 Å². The number of hydrogen-bond acceptors (Lipinski definition) is 3. The lowest BCUT2D eigenvalue weighted by Gasteiger charge is -1.79. The molecule has 0 aliphatic rings. The van der Waals surface area contributed by atoms with Crippen LogP contribution in [0.3, 0.4) is 0 Å². The third kappa shape index (κ3) is 6.80. The van der Waals surface area contributed by atoms with Gasteiger partial charge in [0, 0.05) is 17.4 Å². The average Bonchev–Trinajstić information content (AvgIpc) is 2.07. The molecule has 1 aromatic rings. The van der Waals surface area contributed by atoms with Crippen LogP contribution in [0.1, 0.15) is 0 Å². The Morgan fingerprint density at radius 1 is 1.55 bits per heavy atom. The molecule has 0 aromatic carbocycles. The van der Waals surface area contributed by atoms with E-state index < -0.39 is 0 Å². The lowest BCUT2D eigenvalue weighted by Crippen LogP contribution is -1.68. The molecule has 0 fully saturated rings. The molecule has 0 spiro atoms. The highest BCUT2D eigenvalue weighted by Crippen LogP contribution is 2.01. The molecular formula is C7H8ClNO2. The van der Waals surface area contributed by atoms with Crippen molar-refractivity contribution in [2.24, 2.45) is 0 Å². The monoisotopic (exact) mass is 173 g/mol. The number of nitrogens with zero attached hydrogens (tertiary/aromatic N) is 1. The summed E-state index contributed by atoms with van der Waals surface area (Å²) in [5.74, 6) is 0. The summed E-state index contributed by atoms with van der Waals surface area (Å²) in [5, 5.41) is 0.731. The summed E-state index contributed by atoms with van der Waals surface area (Å²) in [6, 6.07) is 3.48. The van der Waals surface area contributed by atoms with E-state index in [0.29, 0.717) is 6.47 Å². The summed E-state index contributed by atoms with van der Waals surface area (Å²) in [7, 11) is 1.31. The van der Waals surface area contributed by atoms with Crippen molar-refractivity contribution in [3.05, 3.63) is 29.5 Å². The summed E-state index contributed by atoms with van der Waals surface area (Å²) in [4.78, 5) is 12.7. The maximum Gasteiger partial charge on any atom is 0.292 e. The zero-order chi connectivity index (χ0) is 8.53. The first kappa shape index (κ1) is 9.91. The van der Waals surface area contributed by atoms with Gasteiger partial charge in [0.2, 0.25) is 0 Å². The quantitative estimate of drug-likeness (QED) is 0.605. The Morgan fingerprint density at radius 3 is 2.18 bits per heavy atom. The molecule has 0 amide bonds. The van der Waals surface area contributed by atoms with Crippen LogP contribution in [0, 0.1) is 0 Å². The Bertz CT molecular complexity index is 191. The molecule has 0 bridgehead atoms. The molecule has 0 saturated heterocycles. The Balaban J connectivity index is 0.000000218. The average molecular weight is 174 g/mol. The number of aromatic nitrogens is 1. The van der Waals surface area contributed by atoms with Gasteiger partial charge in [0.25, 0.3) is 6.47 Å². The van der Waals surface area contributed by atoms with E-state index in [1.807, 2.05) is 0 Å².